The highest BCUT2D eigenvalue weighted by molar-refractivity contribution is 7.82. The van der Waals surface area contributed by atoms with E-state index in [0.29, 0.717) is 0 Å². The van der Waals surface area contributed by atoms with Crippen LogP contribution in [0.1, 0.15) is 6.42 Å². The molecular formula is C4H4ClNOS. The number of hydrogen-bond donors (Lipinski definition) is 1. The zero-order chi connectivity index (χ0) is 6.57. The quantitative estimate of drug-likeness (QED) is 0.470. The Bertz CT molecular complexity index is 130. The van der Waals surface area contributed by atoms with Crippen molar-refractivity contribution in [1.29, 1.82) is 5.26 Å². The SMILES string of the molecule is N#CCC(S)C(=O)Cl. The van der Waals surface area contributed by atoms with Crippen molar-refractivity contribution in [2.45, 2.75) is 11.7 Å². The summed E-state index contributed by atoms with van der Waals surface area (Å²) in [5, 5.41) is 6.78. The van der Waals surface area contributed by atoms with E-state index in [0.717, 1.165) is 0 Å². The predicted molar refractivity (Wildman–Crippen MR) is 33.9 cm³/mol. The molecule has 0 spiro atoms. The Morgan fingerprint density at radius 3 is 2.62 bits per heavy atom. The monoisotopic (exact) mass is 149 g/mol. The minimum atomic E-state index is -0.623. The van der Waals surface area contributed by atoms with Gasteiger partial charge in [-0.15, -0.1) is 0 Å². The number of thiol groups is 1. The molecule has 0 bridgehead atoms. The van der Waals surface area contributed by atoms with E-state index in [1.165, 1.54) is 0 Å². The summed E-state index contributed by atoms with van der Waals surface area (Å²) in [6.07, 6.45) is 0.0748. The zero-order valence-corrected chi connectivity index (χ0v) is 5.62. The Balaban J connectivity index is 3.52. The molecule has 0 N–H and O–H groups in total. The van der Waals surface area contributed by atoms with Gasteiger partial charge in [-0.2, -0.15) is 17.9 Å². The molecule has 0 aromatic carbocycles. The van der Waals surface area contributed by atoms with Gasteiger partial charge in [0.2, 0.25) is 5.24 Å². The normalized spacial score (nSPS) is 12.1. The third kappa shape index (κ3) is 2.89. The van der Waals surface area contributed by atoms with Gasteiger partial charge in [-0.25, -0.2) is 0 Å². The molecule has 8 heavy (non-hydrogen) atoms. The Morgan fingerprint density at radius 1 is 2.00 bits per heavy atom. The van der Waals surface area contributed by atoms with Crippen molar-refractivity contribution in [3.05, 3.63) is 0 Å². The van der Waals surface area contributed by atoms with Crippen LogP contribution in [0.5, 0.6) is 0 Å². The summed E-state index contributed by atoms with van der Waals surface area (Å²) in [4.78, 5) is 10.1. The Labute approximate surface area is 57.8 Å². The number of hydrogen-bond acceptors (Lipinski definition) is 3. The summed E-state index contributed by atoms with van der Waals surface area (Å²) in [7, 11) is 0. The lowest BCUT2D eigenvalue weighted by Crippen LogP contribution is -2.05. The summed E-state index contributed by atoms with van der Waals surface area (Å²) in [5.74, 6) is 0. The summed E-state index contributed by atoms with van der Waals surface area (Å²) < 4.78 is 0. The second-order valence-corrected chi connectivity index (χ2v) is 2.18. The summed E-state index contributed by atoms with van der Waals surface area (Å²) in [6, 6.07) is 1.77. The molecule has 0 fully saturated rings. The molecule has 4 heteroatoms. The summed E-state index contributed by atoms with van der Waals surface area (Å²) in [6.45, 7) is 0. The van der Waals surface area contributed by atoms with Gasteiger partial charge in [0, 0.05) is 0 Å². The van der Waals surface area contributed by atoms with Crippen LogP contribution in [0.2, 0.25) is 0 Å². The average molecular weight is 150 g/mol. The van der Waals surface area contributed by atoms with Gasteiger partial charge in [-0.3, -0.25) is 4.79 Å². The Kier molecular flexibility index (Phi) is 3.67. The van der Waals surface area contributed by atoms with Crippen molar-refractivity contribution in [3.8, 4) is 6.07 Å². The molecule has 0 aliphatic heterocycles. The Morgan fingerprint density at radius 2 is 2.50 bits per heavy atom. The van der Waals surface area contributed by atoms with Gasteiger partial charge in [-0.1, -0.05) is 0 Å². The zero-order valence-electron chi connectivity index (χ0n) is 3.97. The van der Waals surface area contributed by atoms with Crippen LogP contribution in [0.25, 0.3) is 0 Å². The predicted octanol–water partition coefficient (Wildman–Crippen LogP) is 0.964. The molecular weight excluding hydrogens is 146 g/mol. The van der Waals surface area contributed by atoms with E-state index in [-0.39, 0.29) is 6.42 Å². The molecule has 1 atom stereocenters. The van der Waals surface area contributed by atoms with Gasteiger partial charge >= 0.3 is 0 Å². The number of carbonyl (C=O) groups excluding carboxylic acids is 1. The van der Waals surface area contributed by atoms with Crippen LogP contribution in [0.3, 0.4) is 0 Å². The molecule has 0 saturated heterocycles. The summed E-state index contributed by atoms with van der Waals surface area (Å²) in [5.41, 5.74) is 0. The maximum atomic E-state index is 10.1. The lowest BCUT2D eigenvalue weighted by molar-refractivity contribution is -0.111. The first kappa shape index (κ1) is 7.80. The minimum Gasteiger partial charge on any atom is -0.280 e. The summed E-state index contributed by atoms with van der Waals surface area (Å²) >= 11 is 8.64. The number of carbonyl (C=O) groups is 1. The van der Waals surface area contributed by atoms with Crippen LogP contribution in [-0.4, -0.2) is 10.5 Å². The van der Waals surface area contributed by atoms with E-state index in [1.54, 1.807) is 6.07 Å². The van der Waals surface area contributed by atoms with Crippen LogP contribution < -0.4 is 0 Å². The molecule has 0 amide bonds. The van der Waals surface area contributed by atoms with Crippen molar-refractivity contribution in [2.75, 3.05) is 0 Å². The second kappa shape index (κ2) is 3.76. The molecule has 1 unspecified atom stereocenters. The third-order valence-corrected chi connectivity index (χ3v) is 1.38. The molecule has 0 aliphatic carbocycles. The number of rotatable bonds is 2. The van der Waals surface area contributed by atoms with E-state index in [1.807, 2.05) is 0 Å². The first-order valence-electron chi connectivity index (χ1n) is 1.93. The average Bonchev–Trinajstić information content (AvgIpc) is 1.67. The van der Waals surface area contributed by atoms with E-state index < -0.39 is 10.5 Å². The van der Waals surface area contributed by atoms with Gasteiger partial charge in [0.15, 0.2) is 0 Å². The molecule has 0 aromatic rings. The topological polar surface area (TPSA) is 40.9 Å². The number of nitriles is 1. The second-order valence-electron chi connectivity index (χ2n) is 1.18. The fourth-order valence-corrected chi connectivity index (χ4v) is 0.326. The van der Waals surface area contributed by atoms with Crippen LogP contribution in [0.15, 0.2) is 0 Å². The lowest BCUT2D eigenvalue weighted by Gasteiger charge is -1.93. The van der Waals surface area contributed by atoms with Crippen molar-refractivity contribution in [3.63, 3.8) is 0 Å². The lowest BCUT2D eigenvalue weighted by atomic mass is 10.3. The van der Waals surface area contributed by atoms with E-state index >= 15 is 0 Å². The van der Waals surface area contributed by atoms with Crippen molar-refractivity contribution >= 4 is 29.5 Å². The number of nitrogens with zero attached hydrogens (tertiary/aromatic N) is 1. The molecule has 0 heterocycles. The van der Waals surface area contributed by atoms with E-state index in [4.69, 9.17) is 16.9 Å². The van der Waals surface area contributed by atoms with Crippen molar-refractivity contribution in [2.24, 2.45) is 0 Å². The van der Waals surface area contributed by atoms with Gasteiger partial charge < -0.3 is 0 Å². The van der Waals surface area contributed by atoms with Crippen molar-refractivity contribution in [1.82, 2.24) is 0 Å². The molecule has 44 valence electrons. The number of halogens is 1. The molecule has 0 aliphatic rings. The van der Waals surface area contributed by atoms with Crippen LogP contribution in [-0.2, 0) is 4.79 Å². The minimum absolute atomic E-state index is 0.0748. The van der Waals surface area contributed by atoms with Crippen molar-refractivity contribution < 1.29 is 4.79 Å². The third-order valence-electron chi connectivity index (χ3n) is 0.547. The fraction of sp³-hybridized carbons (Fsp3) is 0.500. The highest BCUT2D eigenvalue weighted by Crippen LogP contribution is 2.03. The van der Waals surface area contributed by atoms with Gasteiger partial charge in [0.05, 0.1) is 17.7 Å². The van der Waals surface area contributed by atoms with E-state index in [2.05, 4.69) is 12.6 Å². The van der Waals surface area contributed by atoms with Gasteiger partial charge in [-0.05, 0) is 11.6 Å². The standard InChI is InChI=1S/C4H4ClNOS/c5-4(7)3(8)1-2-6/h3,8H,1H2. The van der Waals surface area contributed by atoms with E-state index in [9.17, 15) is 4.79 Å². The highest BCUT2D eigenvalue weighted by Gasteiger charge is 2.08. The smallest absolute Gasteiger partial charge is 0.235 e. The maximum Gasteiger partial charge on any atom is 0.235 e. The maximum absolute atomic E-state index is 10.1. The van der Waals surface area contributed by atoms with Gasteiger partial charge in [0.25, 0.3) is 0 Å². The molecule has 0 aromatic heterocycles. The first-order valence-corrected chi connectivity index (χ1v) is 2.82. The largest absolute Gasteiger partial charge is 0.280 e. The molecule has 0 rings (SSSR count). The highest BCUT2D eigenvalue weighted by atomic mass is 35.5. The van der Waals surface area contributed by atoms with Crippen LogP contribution >= 0.6 is 24.2 Å². The Hall–Kier alpha value is -0.200. The van der Waals surface area contributed by atoms with Crippen LogP contribution in [0, 0.1) is 11.3 Å². The van der Waals surface area contributed by atoms with Gasteiger partial charge in [0.1, 0.15) is 0 Å². The first-order chi connectivity index (χ1) is 3.68. The van der Waals surface area contributed by atoms with Crippen LogP contribution in [0.4, 0.5) is 0 Å². The molecule has 2 nitrogen and oxygen atoms in total. The molecule has 0 radical (unpaired) electrons. The fourth-order valence-electron chi connectivity index (χ4n) is 0.167. The molecule has 0 saturated carbocycles.